The highest BCUT2D eigenvalue weighted by atomic mass is 16.5. The van der Waals surface area contributed by atoms with Crippen molar-refractivity contribution < 1.29 is 14.3 Å². The first-order valence-electron chi connectivity index (χ1n) is 11.6. The number of ether oxygens (including phenoxy) is 1. The van der Waals surface area contributed by atoms with Crippen molar-refractivity contribution in [2.45, 2.75) is 103 Å². The van der Waals surface area contributed by atoms with Gasteiger partial charge in [0, 0.05) is 30.8 Å². The molecule has 0 aliphatic carbocycles. The molecule has 2 aliphatic rings. The smallest absolute Gasteiger partial charge is 0.305 e. The van der Waals surface area contributed by atoms with Crippen LogP contribution in [-0.4, -0.2) is 48.6 Å². The van der Waals surface area contributed by atoms with Crippen LogP contribution in [0.2, 0.25) is 0 Å². The van der Waals surface area contributed by atoms with Crippen LogP contribution in [0.3, 0.4) is 0 Å². The lowest BCUT2D eigenvalue weighted by molar-refractivity contribution is -0.146. The first kappa shape index (κ1) is 23.2. The van der Waals surface area contributed by atoms with E-state index < -0.39 is 0 Å². The highest BCUT2D eigenvalue weighted by molar-refractivity contribution is 5.77. The predicted octanol–water partition coefficient (Wildman–Crippen LogP) is 4.30. The molecule has 162 valence electrons. The molecule has 2 rings (SSSR count). The SMILES string of the molecule is CC(C)CCC[C@@H](C)NC(=O)CCCC(=O)OC[C@@H]1CCCN2CCCC[C@H]12. The minimum Gasteiger partial charge on any atom is -0.465 e. The number of hydrogen-bond donors (Lipinski definition) is 1. The van der Waals surface area contributed by atoms with Gasteiger partial charge in [-0.2, -0.15) is 0 Å². The molecule has 1 N–H and O–H groups in total. The summed E-state index contributed by atoms with van der Waals surface area (Å²) in [4.78, 5) is 26.7. The molecule has 3 atom stereocenters. The Labute approximate surface area is 172 Å². The van der Waals surface area contributed by atoms with Crippen molar-refractivity contribution in [3.63, 3.8) is 0 Å². The van der Waals surface area contributed by atoms with Crippen molar-refractivity contribution in [2.24, 2.45) is 11.8 Å². The van der Waals surface area contributed by atoms with Gasteiger partial charge in [0.05, 0.1) is 6.61 Å². The second-order valence-corrected chi connectivity index (χ2v) is 9.33. The lowest BCUT2D eigenvalue weighted by atomic mass is 9.84. The lowest BCUT2D eigenvalue weighted by Gasteiger charge is -2.44. The molecule has 2 aliphatic heterocycles. The Morgan fingerprint density at radius 2 is 1.79 bits per heavy atom. The molecule has 0 aromatic rings. The Hall–Kier alpha value is -1.10. The van der Waals surface area contributed by atoms with E-state index in [2.05, 4.69) is 31.0 Å². The molecule has 0 bridgehead atoms. The van der Waals surface area contributed by atoms with Gasteiger partial charge in [0.15, 0.2) is 0 Å². The van der Waals surface area contributed by atoms with E-state index in [1.165, 1.54) is 51.6 Å². The number of hydrogen-bond acceptors (Lipinski definition) is 4. The molecule has 2 saturated heterocycles. The van der Waals surface area contributed by atoms with Crippen molar-refractivity contribution in [1.82, 2.24) is 10.2 Å². The molecule has 2 fully saturated rings. The number of carbonyl (C=O) groups is 2. The van der Waals surface area contributed by atoms with Crippen LogP contribution in [0.4, 0.5) is 0 Å². The van der Waals surface area contributed by atoms with Gasteiger partial charge in [0.1, 0.15) is 0 Å². The van der Waals surface area contributed by atoms with Gasteiger partial charge in [-0.3, -0.25) is 14.5 Å². The zero-order chi connectivity index (χ0) is 20.4. The molecule has 0 aromatic heterocycles. The van der Waals surface area contributed by atoms with Crippen molar-refractivity contribution in [3.8, 4) is 0 Å². The number of rotatable bonds is 11. The average molecular weight is 395 g/mol. The fourth-order valence-electron chi connectivity index (χ4n) is 4.69. The standard InChI is InChI=1S/C23H42N2O3/c1-18(2)9-6-10-19(3)24-22(26)13-7-14-23(27)28-17-20-11-8-16-25-15-5-4-12-21(20)25/h18-21H,4-17H2,1-3H3,(H,24,26)/t19-,20+,21-/m1/s1. The van der Waals surface area contributed by atoms with Gasteiger partial charge in [0.2, 0.25) is 5.91 Å². The predicted molar refractivity (Wildman–Crippen MR) is 113 cm³/mol. The van der Waals surface area contributed by atoms with Crippen molar-refractivity contribution in [3.05, 3.63) is 0 Å². The summed E-state index contributed by atoms with van der Waals surface area (Å²) in [6, 6.07) is 0.821. The Kier molecular flexibility index (Phi) is 10.3. The topological polar surface area (TPSA) is 58.6 Å². The third-order valence-corrected chi connectivity index (χ3v) is 6.30. The Bertz CT molecular complexity index is 478. The fraction of sp³-hybridized carbons (Fsp3) is 0.913. The summed E-state index contributed by atoms with van der Waals surface area (Å²) in [6.45, 7) is 9.48. The van der Waals surface area contributed by atoms with E-state index in [9.17, 15) is 9.59 Å². The van der Waals surface area contributed by atoms with Crippen LogP contribution in [0.5, 0.6) is 0 Å². The Balaban J connectivity index is 1.55. The van der Waals surface area contributed by atoms with Crippen molar-refractivity contribution in [1.29, 1.82) is 0 Å². The normalized spacial score (nSPS) is 23.9. The van der Waals surface area contributed by atoms with E-state index in [4.69, 9.17) is 4.74 Å². The zero-order valence-corrected chi connectivity index (χ0v) is 18.4. The monoisotopic (exact) mass is 394 g/mol. The summed E-state index contributed by atoms with van der Waals surface area (Å²) in [5.74, 6) is 1.11. The van der Waals surface area contributed by atoms with Crippen LogP contribution in [0.25, 0.3) is 0 Å². The molecule has 5 nitrogen and oxygen atoms in total. The maximum absolute atomic E-state index is 12.1. The van der Waals surface area contributed by atoms with Crippen molar-refractivity contribution >= 4 is 11.9 Å². The second kappa shape index (κ2) is 12.5. The van der Waals surface area contributed by atoms with Gasteiger partial charge in [0.25, 0.3) is 0 Å². The van der Waals surface area contributed by atoms with Gasteiger partial charge in [-0.15, -0.1) is 0 Å². The maximum atomic E-state index is 12.1. The molecule has 0 spiro atoms. The molecule has 1 amide bonds. The second-order valence-electron chi connectivity index (χ2n) is 9.33. The van der Waals surface area contributed by atoms with Crippen LogP contribution in [0.15, 0.2) is 0 Å². The van der Waals surface area contributed by atoms with Gasteiger partial charge in [-0.1, -0.05) is 33.1 Å². The average Bonchev–Trinajstić information content (AvgIpc) is 2.66. The highest BCUT2D eigenvalue weighted by Crippen LogP contribution is 2.31. The van der Waals surface area contributed by atoms with E-state index in [1.54, 1.807) is 0 Å². The third kappa shape index (κ3) is 8.50. The lowest BCUT2D eigenvalue weighted by Crippen LogP contribution is -2.49. The van der Waals surface area contributed by atoms with Crippen molar-refractivity contribution in [2.75, 3.05) is 19.7 Å². The van der Waals surface area contributed by atoms with Gasteiger partial charge < -0.3 is 10.1 Å². The summed E-state index contributed by atoms with van der Waals surface area (Å²) < 4.78 is 5.57. The van der Waals surface area contributed by atoms with Gasteiger partial charge in [-0.25, -0.2) is 0 Å². The number of fused-ring (bicyclic) bond motifs is 1. The number of nitrogens with one attached hydrogen (secondary N) is 1. The maximum Gasteiger partial charge on any atom is 0.305 e. The first-order chi connectivity index (χ1) is 13.5. The van der Waals surface area contributed by atoms with E-state index in [1.807, 2.05) is 0 Å². The molecule has 0 aromatic carbocycles. The van der Waals surface area contributed by atoms with Crippen LogP contribution in [-0.2, 0) is 14.3 Å². The Morgan fingerprint density at radius 1 is 1.00 bits per heavy atom. The summed E-state index contributed by atoms with van der Waals surface area (Å²) >= 11 is 0. The van der Waals surface area contributed by atoms with Gasteiger partial charge in [-0.05, 0) is 64.5 Å². The molecule has 0 unspecified atom stereocenters. The zero-order valence-electron chi connectivity index (χ0n) is 18.4. The minimum absolute atomic E-state index is 0.0509. The Morgan fingerprint density at radius 3 is 2.57 bits per heavy atom. The molecule has 28 heavy (non-hydrogen) atoms. The summed E-state index contributed by atoms with van der Waals surface area (Å²) in [5.41, 5.74) is 0. The molecular formula is C23H42N2O3. The number of esters is 1. The molecule has 5 heteroatoms. The van der Waals surface area contributed by atoms with E-state index >= 15 is 0 Å². The van der Waals surface area contributed by atoms with E-state index in [0.29, 0.717) is 43.7 Å². The number of carbonyl (C=O) groups excluding carboxylic acids is 2. The summed E-state index contributed by atoms with van der Waals surface area (Å²) in [6.07, 6.45) is 10.9. The van der Waals surface area contributed by atoms with E-state index in [0.717, 1.165) is 12.8 Å². The quantitative estimate of drug-likeness (QED) is 0.531. The van der Waals surface area contributed by atoms with Crippen LogP contribution in [0.1, 0.15) is 91.4 Å². The molecule has 0 radical (unpaired) electrons. The van der Waals surface area contributed by atoms with Crippen LogP contribution >= 0.6 is 0 Å². The molecule has 0 saturated carbocycles. The minimum atomic E-state index is -0.147. The van der Waals surface area contributed by atoms with Gasteiger partial charge >= 0.3 is 5.97 Å². The summed E-state index contributed by atoms with van der Waals surface area (Å²) in [7, 11) is 0. The fourth-order valence-corrected chi connectivity index (χ4v) is 4.69. The first-order valence-corrected chi connectivity index (χ1v) is 11.6. The number of amides is 1. The summed E-state index contributed by atoms with van der Waals surface area (Å²) in [5, 5.41) is 3.05. The highest BCUT2D eigenvalue weighted by Gasteiger charge is 2.33. The van der Waals surface area contributed by atoms with E-state index in [-0.39, 0.29) is 17.9 Å². The number of nitrogens with zero attached hydrogens (tertiary/aromatic N) is 1. The largest absolute Gasteiger partial charge is 0.465 e. The number of piperidine rings is 2. The molecule has 2 heterocycles. The third-order valence-electron chi connectivity index (χ3n) is 6.30. The van der Waals surface area contributed by atoms with Crippen LogP contribution < -0.4 is 5.32 Å². The van der Waals surface area contributed by atoms with Crippen LogP contribution in [0, 0.1) is 11.8 Å². The molecular weight excluding hydrogens is 352 g/mol.